The molecule has 4 fully saturated rings. The lowest BCUT2D eigenvalue weighted by atomic mass is 9.55. The number of anilines is 1. The molecule has 1 aromatic rings. The first-order chi connectivity index (χ1) is 11.2. The molecule has 4 aliphatic rings. The van der Waals surface area contributed by atoms with Crippen molar-refractivity contribution in [2.75, 3.05) is 12.4 Å². The molecule has 0 atom stereocenters. The van der Waals surface area contributed by atoms with Gasteiger partial charge >= 0.3 is 6.09 Å². The van der Waals surface area contributed by atoms with Crippen molar-refractivity contribution < 1.29 is 14.4 Å². The number of ether oxygens (including phenoxy) is 1. The van der Waals surface area contributed by atoms with E-state index in [1.807, 2.05) is 12.1 Å². The van der Waals surface area contributed by atoms with E-state index >= 15 is 0 Å². The van der Waals surface area contributed by atoms with Crippen molar-refractivity contribution in [2.45, 2.75) is 32.1 Å². The van der Waals surface area contributed by atoms with Gasteiger partial charge in [0, 0.05) is 23.6 Å². The number of rotatable bonds is 3. The first-order valence-electron chi connectivity index (χ1n) is 8.41. The summed E-state index contributed by atoms with van der Waals surface area (Å²) in [5, 5.41) is 6.93. The average molecular weight is 314 g/mol. The van der Waals surface area contributed by atoms with E-state index in [0.29, 0.717) is 23.3 Å². The number of amides is 1. The quantitative estimate of drug-likeness (QED) is 0.676. The van der Waals surface area contributed by atoms with Crippen LogP contribution in [0.3, 0.4) is 0 Å². The Bertz CT molecular complexity index is 611. The van der Waals surface area contributed by atoms with E-state index in [9.17, 15) is 4.79 Å². The minimum absolute atomic E-state index is 0.538. The van der Waals surface area contributed by atoms with Crippen LogP contribution in [-0.4, -0.2) is 18.9 Å². The van der Waals surface area contributed by atoms with Crippen molar-refractivity contribution in [1.82, 2.24) is 0 Å². The second-order valence-corrected chi connectivity index (χ2v) is 7.06. The molecule has 0 unspecified atom stereocenters. The minimum atomic E-state index is -0.542. The van der Waals surface area contributed by atoms with Crippen molar-refractivity contribution in [3.8, 4) is 5.75 Å². The number of benzene rings is 1. The van der Waals surface area contributed by atoms with E-state index in [1.54, 1.807) is 19.2 Å². The summed E-state index contributed by atoms with van der Waals surface area (Å²) in [4.78, 5) is 17.1. The smallest absolute Gasteiger partial charge is 0.437 e. The SMILES string of the molecule is COc1cccc(NC(=O)ON=C2C3CC4CC(C3)CC2C4)c1. The molecule has 1 N–H and O–H groups in total. The van der Waals surface area contributed by atoms with Crippen molar-refractivity contribution >= 4 is 17.5 Å². The van der Waals surface area contributed by atoms with Gasteiger partial charge < -0.3 is 4.74 Å². The lowest BCUT2D eigenvalue weighted by molar-refractivity contribution is 0.0999. The van der Waals surface area contributed by atoms with E-state index in [4.69, 9.17) is 9.57 Å². The molecule has 122 valence electrons. The van der Waals surface area contributed by atoms with Gasteiger partial charge in [0.25, 0.3) is 0 Å². The summed E-state index contributed by atoms with van der Waals surface area (Å²) in [6.07, 6.45) is 5.77. The van der Waals surface area contributed by atoms with Crippen LogP contribution >= 0.6 is 0 Å². The molecule has 0 heterocycles. The summed E-state index contributed by atoms with van der Waals surface area (Å²) < 4.78 is 5.14. The molecule has 4 saturated carbocycles. The molecule has 0 radical (unpaired) electrons. The van der Waals surface area contributed by atoms with Gasteiger partial charge in [-0.1, -0.05) is 11.2 Å². The number of hydrogen-bond donors (Lipinski definition) is 1. The molecule has 0 aromatic heterocycles. The fraction of sp³-hybridized carbons (Fsp3) is 0.556. The van der Waals surface area contributed by atoms with Gasteiger partial charge in [0.05, 0.1) is 12.8 Å². The molecule has 1 aromatic carbocycles. The Balaban J connectivity index is 1.39. The monoisotopic (exact) mass is 314 g/mol. The highest BCUT2D eigenvalue weighted by Gasteiger charge is 2.46. The Labute approximate surface area is 136 Å². The van der Waals surface area contributed by atoms with Gasteiger partial charge in [-0.3, -0.25) is 10.2 Å². The van der Waals surface area contributed by atoms with Gasteiger partial charge in [0.15, 0.2) is 0 Å². The van der Waals surface area contributed by atoms with Crippen molar-refractivity contribution in [3.63, 3.8) is 0 Å². The molecular formula is C18H22N2O3. The molecule has 0 aliphatic heterocycles. The van der Waals surface area contributed by atoms with Gasteiger partial charge in [-0.2, -0.15) is 0 Å². The van der Waals surface area contributed by atoms with Crippen molar-refractivity contribution in [2.24, 2.45) is 28.8 Å². The molecule has 4 aliphatic carbocycles. The van der Waals surface area contributed by atoms with Gasteiger partial charge in [-0.25, -0.2) is 4.79 Å². The van der Waals surface area contributed by atoms with Crippen LogP contribution in [0.4, 0.5) is 10.5 Å². The Morgan fingerprint density at radius 3 is 2.48 bits per heavy atom. The van der Waals surface area contributed by atoms with Crippen LogP contribution < -0.4 is 10.1 Å². The summed E-state index contributed by atoms with van der Waals surface area (Å²) in [6, 6.07) is 7.18. The van der Waals surface area contributed by atoms with E-state index in [0.717, 1.165) is 17.5 Å². The van der Waals surface area contributed by atoms with E-state index in [2.05, 4.69) is 10.5 Å². The van der Waals surface area contributed by atoms with Crippen LogP contribution in [0.2, 0.25) is 0 Å². The topological polar surface area (TPSA) is 59.9 Å². The van der Waals surface area contributed by atoms with E-state index < -0.39 is 6.09 Å². The van der Waals surface area contributed by atoms with Gasteiger partial charge in [0.2, 0.25) is 0 Å². The fourth-order valence-electron chi connectivity index (χ4n) is 4.75. The van der Waals surface area contributed by atoms with Crippen LogP contribution in [-0.2, 0) is 4.84 Å². The molecule has 4 bridgehead atoms. The summed E-state index contributed by atoms with van der Waals surface area (Å²) in [7, 11) is 1.59. The molecule has 0 spiro atoms. The maximum absolute atomic E-state index is 12.0. The molecule has 23 heavy (non-hydrogen) atoms. The Morgan fingerprint density at radius 2 is 1.83 bits per heavy atom. The lowest BCUT2D eigenvalue weighted by Crippen LogP contribution is -2.45. The van der Waals surface area contributed by atoms with Crippen molar-refractivity contribution in [1.29, 1.82) is 0 Å². The van der Waals surface area contributed by atoms with Crippen LogP contribution in [0.25, 0.3) is 0 Å². The van der Waals surface area contributed by atoms with Crippen LogP contribution in [0.1, 0.15) is 32.1 Å². The normalized spacial score (nSPS) is 30.9. The predicted octanol–water partition coefficient (Wildman–Crippen LogP) is 4.06. The molecule has 0 saturated heterocycles. The number of oxime groups is 1. The first-order valence-corrected chi connectivity index (χ1v) is 8.41. The van der Waals surface area contributed by atoms with Crippen LogP contribution in [0.5, 0.6) is 5.75 Å². The summed E-state index contributed by atoms with van der Waals surface area (Å²) in [5.74, 6) is 3.52. The number of carbonyl (C=O) groups is 1. The first kappa shape index (κ1) is 14.5. The zero-order valence-corrected chi connectivity index (χ0v) is 13.3. The predicted molar refractivity (Wildman–Crippen MR) is 87.6 cm³/mol. The van der Waals surface area contributed by atoms with E-state index in [-0.39, 0.29) is 0 Å². The summed E-state index contributed by atoms with van der Waals surface area (Å²) in [5.41, 5.74) is 1.76. The molecule has 1 amide bonds. The molecule has 5 nitrogen and oxygen atoms in total. The zero-order valence-electron chi connectivity index (χ0n) is 13.3. The maximum Gasteiger partial charge on any atom is 0.437 e. The third-order valence-corrected chi connectivity index (χ3v) is 5.52. The highest BCUT2D eigenvalue weighted by atomic mass is 16.7. The zero-order chi connectivity index (χ0) is 15.8. The standard InChI is InChI=1S/C18H22N2O3/c1-22-16-4-2-3-15(10-16)19-18(21)23-20-17-13-6-11-5-12(8-13)9-14(17)7-11/h2-4,10-14H,5-9H2,1H3,(H,19,21). The summed E-state index contributed by atoms with van der Waals surface area (Å²) >= 11 is 0. The third kappa shape index (κ3) is 2.92. The number of nitrogens with one attached hydrogen (secondary N) is 1. The second-order valence-electron chi connectivity index (χ2n) is 7.06. The van der Waals surface area contributed by atoms with Crippen LogP contribution in [0.15, 0.2) is 29.4 Å². The fourth-order valence-corrected chi connectivity index (χ4v) is 4.75. The van der Waals surface area contributed by atoms with Gasteiger partial charge in [-0.05, 0) is 56.1 Å². The number of methoxy groups -OCH3 is 1. The highest BCUT2D eigenvalue weighted by molar-refractivity contribution is 5.91. The lowest BCUT2D eigenvalue weighted by Gasteiger charge is -2.49. The van der Waals surface area contributed by atoms with Crippen LogP contribution in [0, 0.1) is 23.7 Å². The third-order valence-electron chi connectivity index (χ3n) is 5.52. The molecule has 5 heteroatoms. The minimum Gasteiger partial charge on any atom is -0.497 e. The number of hydrogen-bond acceptors (Lipinski definition) is 4. The van der Waals surface area contributed by atoms with Crippen molar-refractivity contribution in [3.05, 3.63) is 24.3 Å². The number of carbonyl (C=O) groups excluding carboxylic acids is 1. The number of nitrogens with zero attached hydrogens (tertiary/aromatic N) is 1. The molecular weight excluding hydrogens is 292 g/mol. The average Bonchev–Trinajstić information content (AvgIpc) is 2.53. The highest BCUT2D eigenvalue weighted by Crippen LogP contribution is 2.52. The largest absolute Gasteiger partial charge is 0.497 e. The van der Waals surface area contributed by atoms with Gasteiger partial charge in [0.1, 0.15) is 5.75 Å². The van der Waals surface area contributed by atoms with Gasteiger partial charge in [-0.15, -0.1) is 0 Å². The Morgan fingerprint density at radius 1 is 1.13 bits per heavy atom. The molecule has 5 rings (SSSR count). The second kappa shape index (κ2) is 5.87. The Hall–Kier alpha value is -2.04. The summed E-state index contributed by atoms with van der Waals surface area (Å²) in [6.45, 7) is 0. The maximum atomic E-state index is 12.0. The van der Waals surface area contributed by atoms with E-state index in [1.165, 1.54) is 32.1 Å². The Kier molecular flexibility index (Phi) is 3.71.